The van der Waals surface area contributed by atoms with Crippen LogP contribution < -0.4 is 10.1 Å². The molecular formula is C22H21NO2. The van der Waals surface area contributed by atoms with Gasteiger partial charge in [-0.05, 0) is 42.8 Å². The molecule has 0 unspecified atom stereocenters. The van der Waals surface area contributed by atoms with Crippen molar-refractivity contribution in [3.8, 4) is 5.75 Å². The standard InChI is InChI=1S/C22H21NO2/c1-17-10-12-20(13-11-17)23-22(24)19-8-5-9-21(16-19)25-15-14-18-6-3-2-4-7-18/h2-13,16H,14-15H2,1H3,(H,23,24). The molecule has 0 saturated carbocycles. The van der Waals surface area contributed by atoms with Crippen LogP contribution in [0.25, 0.3) is 0 Å². The molecule has 0 aliphatic rings. The van der Waals surface area contributed by atoms with Gasteiger partial charge in [-0.2, -0.15) is 0 Å². The predicted octanol–water partition coefficient (Wildman–Crippen LogP) is 4.87. The number of hydrogen-bond acceptors (Lipinski definition) is 2. The quantitative estimate of drug-likeness (QED) is 0.700. The van der Waals surface area contributed by atoms with E-state index in [0.717, 1.165) is 17.7 Å². The van der Waals surface area contributed by atoms with Crippen LogP contribution >= 0.6 is 0 Å². The summed E-state index contributed by atoms with van der Waals surface area (Å²) in [7, 11) is 0. The Morgan fingerprint density at radius 2 is 1.68 bits per heavy atom. The number of aryl methyl sites for hydroxylation is 1. The van der Waals surface area contributed by atoms with E-state index in [1.165, 1.54) is 5.56 Å². The molecule has 0 aliphatic heterocycles. The molecule has 0 atom stereocenters. The minimum atomic E-state index is -0.141. The highest BCUT2D eigenvalue weighted by atomic mass is 16.5. The zero-order valence-electron chi connectivity index (χ0n) is 14.2. The van der Waals surface area contributed by atoms with Crippen LogP contribution in [-0.2, 0) is 6.42 Å². The molecule has 3 aromatic carbocycles. The van der Waals surface area contributed by atoms with Gasteiger partial charge < -0.3 is 10.1 Å². The monoisotopic (exact) mass is 331 g/mol. The molecule has 0 saturated heterocycles. The highest BCUT2D eigenvalue weighted by molar-refractivity contribution is 6.04. The lowest BCUT2D eigenvalue weighted by Gasteiger charge is -2.09. The molecule has 1 amide bonds. The van der Waals surface area contributed by atoms with Crippen molar-refractivity contribution in [2.45, 2.75) is 13.3 Å². The van der Waals surface area contributed by atoms with Gasteiger partial charge in [0.05, 0.1) is 6.61 Å². The second-order valence-corrected chi connectivity index (χ2v) is 5.93. The van der Waals surface area contributed by atoms with Crippen molar-refractivity contribution in [1.82, 2.24) is 0 Å². The first-order chi connectivity index (χ1) is 12.2. The number of nitrogens with one attached hydrogen (secondary N) is 1. The number of hydrogen-bond donors (Lipinski definition) is 1. The third-order valence-corrected chi connectivity index (χ3v) is 3.91. The van der Waals surface area contributed by atoms with Gasteiger partial charge in [0.1, 0.15) is 5.75 Å². The number of ether oxygens (including phenoxy) is 1. The van der Waals surface area contributed by atoms with Crippen LogP contribution in [0.3, 0.4) is 0 Å². The van der Waals surface area contributed by atoms with Crippen LogP contribution in [0.15, 0.2) is 78.9 Å². The molecule has 0 bridgehead atoms. The molecule has 0 heterocycles. The molecule has 0 aromatic heterocycles. The maximum absolute atomic E-state index is 12.4. The van der Waals surface area contributed by atoms with Crippen molar-refractivity contribution in [3.63, 3.8) is 0 Å². The Labute approximate surface area is 148 Å². The normalized spacial score (nSPS) is 10.3. The third-order valence-electron chi connectivity index (χ3n) is 3.91. The largest absolute Gasteiger partial charge is 0.493 e. The van der Waals surface area contributed by atoms with Gasteiger partial charge in [0.2, 0.25) is 0 Å². The molecule has 0 fully saturated rings. The first-order valence-corrected chi connectivity index (χ1v) is 8.35. The van der Waals surface area contributed by atoms with Gasteiger partial charge in [0.25, 0.3) is 5.91 Å². The number of anilines is 1. The van der Waals surface area contributed by atoms with Crippen LogP contribution in [-0.4, -0.2) is 12.5 Å². The fourth-order valence-corrected chi connectivity index (χ4v) is 2.50. The van der Waals surface area contributed by atoms with Crippen molar-refractivity contribution < 1.29 is 9.53 Å². The zero-order chi connectivity index (χ0) is 17.5. The summed E-state index contributed by atoms with van der Waals surface area (Å²) in [6.07, 6.45) is 0.834. The number of carbonyl (C=O) groups excluding carboxylic acids is 1. The first kappa shape index (κ1) is 16.8. The van der Waals surface area contributed by atoms with Crippen molar-refractivity contribution in [3.05, 3.63) is 95.6 Å². The van der Waals surface area contributed by atoms with Gasteiger partial charge in [0.15, 0.2) is 0 Å². The van der Waals surface area contributed by atoms with Crippen LogP contribution in [0.4, 0.5) is 5.69 Å². The van der Waals surface area contributed by atoms with E-state index in [9.17, 15) is 4.79 Å². The van der Waals surface area contributed by atoms with E-state index in [1.54, 1.807) is 12.1 Å². The molecule has 1 N–H and O–H groups in total. The molecule has 3 aromatic rings. The number of amides is 1. The second kappa shape index (κ2) is 8.15. The molecule has 0 aliphatic carbocycles. The second-order valence-electron chi connectivity index (χ2n) is 5.93. The SMILES string of the molecule is Cc1ccc(NC(=O)c2cccc(OCCc3ccccc3)c2)cc1. The zero-order valence-corrected chi connectivity index (χ0v) is 14.2. The molecule has 3 rings (SSSR count). The summed E-state index contributed by atoms with van der Waals surface area (Å²) in [5, 5.41) is 2.90. The lowest BCUT2D eigenvalue weighted by atomic mass is 10.1. The summed E-state index contributed by atoms with van der Waals surface area (Å²) >= 11 is 0. The average molecular weight is 331 g/mol. The molecular weight excluding hydrogens is 310 g/mol. The molecule has 3 nitrogen and oxygen atoms in total. The van der Waals surface area contributed by atoms with Crippen molar-refractivity contribution >= 4 is 11.6 Å². The Morgan fingerprint density at radius 1 is 0.920 bits per heavy atom. The highest BCUT2D eigenvalue weighted by Crippen LogP contribution is 2.16. The topological polar surface area (TPSA) is 38.3 Å². The summed E-state index contributed by atoms with van der Waals surface area (Å²) in [5.41, 5.74) is 3.76. The summed E-state index contributed by atoms with van der Waals surface area (Å²) < 4.78 is 5.79. The smallest absolute Gasteiger partial charge is 0.255 e. The maximum atomic E-state index is 12.4. The van der Waals surface area contributed by atoms with Crippen LogP contribution in [0.1, 0.15) is 21.5 Å². The van der Waals surface area contributed by atoms with E-state index in [-0.39, 0.29) is 5.91 Å². The fourth-order valence-electron chi connectivity index (χ4n) is 2.50. The number of carbonyl (C=O) groups is 1. The third kappa shape index (κ3) is 4.95. The summed E-state index contributed by atoms with van der Waals surface area (Å²) in [5.74, 6) is 0.560. The molecule has 3 heteroatoms. The van der Waals surface area contributed by atoms with E-state index >= 15 is 0 Å². The van der Waals surface area contributed by atoms with E-state index in [0.29, 0.717) is 17.9 Å². The lowest BCUT2D eigenvalue weighted by molar-refractivity contribution is 0.102. The number of rotatable bonds is 6. The van der Waals surface area contributed by atoms with Gasteiger partial charge in [-0.3, -0.25) is 4.79 Å². The van der Waals surface area contributed by atoms with Crippen molar-refractivity contribution in [2.75, 3.05) is 11.9 Å². The molecule has 0 spiro atoms. The van der Waals surface area contributed by atoms with E-state index in [2.05, 4.69) is 17.4 Å². The van der Waals surface area contributed by atoms with Crippen LogP contribution in [0.5, 0.6) is 5.75 Å². The number of benzene rings is 3. The molecule has 0 radical (unpaired) electrons. The maximum Gasteiger partial charge on any atom is 0.255 e. The lowest BCUT2D eigenvalue weighted by Crippen LogP contribution is -2.12. The highest BCUT2D eigenvalue weighted by Gasteiger charge is 2.07. The summed E-state index contributed by atoms with van der Waals surface area (Å²) in [6.45, 7) is 2.59. The average Bonchev–Trinajstić information content (AvgIpc) is 2.65. The van der Waals surface area contributed by atoms with Crippen molar-refractivity contribution in [2.24, 2.45) is 0 Å². The summed E-state index contributed by atoms with van der Waals surface area (Å²) in [6, 6.07) is 25.2. The Bertz CT molecular complexity index is 826. The Morgan fingerprint density at radius 3 is 2.44 bits per heavy atom. The Balaban J connectivity index is 1.58. The fraction of sp³-hybridized carbons (Fsp3) is 0.136. The minimum Gasteiger partial charge on any atom is -0.493 e. The van der Waals surface area contributed by atoms with E-state index in [4.69, 9.17) is 4.74 Å². The Hall–Kier alpha value is -3.07. The van der Waals surface area contributed by atoms with Crippen LogP contribution in [0, 0.1) is 6.92 Å². The molecule has 25 heavy (non-hydrogen) atoms. The van der Waals surface area contributed by atoms with Gasteiger partial charge in [0, 0.05) is 17.7 Å². The molecule has 126 valence electrons. The van der Waals surface area contributed by atoms with Gasteiger partial charge in [-0.25, -0.2) is 0 Å². The van der Waals surface area contributed by atoms with Gasteiger partial charge in [-0.1, -0.05) is 54.1 Å². The van der Waals surface area contributed by atoms with E-state index < -0.39 is 0 Å². The minimum absolute atomic E-state index is 0.141. The van der Waals surface area contributed by atoms with Crippen LogP contribution in [0.2, 0.25) is 0 Å². The van der Waals surface area contributed by atoms with Crippen molar-refractivity contribution in [1.29, 1.82) is 0 Å². The van der Waals surface area contributed by atoms with Gasteiger partial charge >= 0.3 is 0 Å². The van der Waals surface area contributed by atoms with Gasteiger partial charge in [-0.15, -0.1) is 0 Å². The Kier molecular flexibility index (Phi) is 5.47. The van der Waals surface area contributed by atoms with E-state index in [1.807, 2.05) is 61.5 Å². The first-order valence-electron chi connectivity index (χ1n) is 8.35. The predicted molar refractivity (Wildman–Crippen MR) is 101 cm³/mol. The summed E-state index contributed by atoms with van der Waals surface area (Å²) in [4.78, 5) is 12.4.